The highest BCUT2D eigenvalue weighted by atomic mass is 16.5. The minimum Gasteiger partial charge on any atom is -0.421 e. The topological polar surface area (TPSA) is 60.2 Å². The molecule has 1 fully saturated rings. The Labute approximate surface area is 112 Å². The minimum atomic E-state index is 0.559. The smallest absolute Gasteiger partial charge is 0.249 e. The molecule has 1 aliphatic heterocycles. The summed E-state index contributed by atoms with van der Waals surface area (Å²) in [5.41, 5.74) is 1.97. The number of benzene rings is 1. The van der Waals surface area contributed by atoms with Crippen molar-refractivity contribution >= 4 is 5.69 Å². The SMILES string of the molecule is Cc1nnc(-c2ccccc2NCC2CCOC2)o1. The summed E-state index contributed by atoms with van der Waals surface area (Å²) in [7, 11) is 0. The molecule has 0 bridgehead atoms. The molecule has 5 heteroatoms. The van der Waals surface area contributed by atoms with Crippen LogP contribution in [0.2, 0.25) is 0 Å². The third kappa shape index (κ3) is 2.76. The quantitative estimate of drug-likeness (QED) is 0.914. The molecular weight excluding hydrogens is 242 g/mol. The fraction of sp³-hybridized carbons (Fsp3) is 0.429. The maximum absolute atomic E-state index is 5.50. The lowest BCUT2D eigenvalue weighted by atomic mass is 10.1. The maximum Gasteiger partial charge on any atom is 0.249 e. The van der Waals surface area contributed by atoms with Gasteiger partial charge < -0.3 is 14.5 Å². The van der Waals surface area contributed by atoms with Gasteiger partial charge in [0.1, 0.15) is 0 Å². The summed E-state index contributed by atoms with van der Waals surface area (Å²) < 4.78 is 10.9. The number of rotatable bonds is 4. The molecule has 5 nitrogen and oxygen atoms in total. The minimum absolute atomic E-state index is 0.559. The van der Waals surface area contributed by atoms with Crippen molar-refractivity contribution < 1.29 is 9.15 Å². The highest BCUT2D eigenvalue weighted by Crippen LogP contribution is 2.27. The van der Waals surface area contributed by atoms with Gasteiger partial charge in [0.05, 0.1) is 12.2 Å². The van der Waals surface area contributed by atoms with Crippen LogP contribution in [-0.4, -0.2) is 30.0 Å². The first kappa shape index (κ1) is 12.2. The summed E-state index contributed by atoms with van der Waals surface area (Å²) in [6, 6.07) is 7.99. The van der Waals surface area contributed by atoms with Gasteiger partial charge in [0.25, 0.3) is 0 Å². The number of ether oxygens (including phenoxy) is 1. The standard InChI is InChI=1S/C14H17N3O2/c1-10-16-17-14(19-10)12-4-2-3-5-13(12)15-8-11-6-7-18-9-11/h2-5,11,15H,6-9H2,1H3. The second kappa shape index (κ2) is 5.40. The molecule has 2 aromatic rings. The predicted molar refractivity (Wildman–Crippen MR) is 71.9 cm³/mol. The van der Waals surface area contributed by atoms with E-state index in [0.29, 0.717) is 17.7 Å². The molecular formula is C14H17N3O2. The van der Waals surface area contributed by atoms with Crippen LogP contribution >= 0.6 is 0 Å². The van der Waals surface area contributed by atoms with Gasteiger partial charge >= 0.3 is 0 Å². The van der Waals surface area contributed by atoms with Crippen molar-refractivity contribution in [1.29, 1.82) is 0 Å². The summed E-state index contributed by atoms with van der Waals surface area (Å²) in [6.45, 7) is 4.41. The Morgan fingerprint density at radius 1 is 1.32 bits per heavy atom. The van der Waals surface area contributed by atoms with Gasteiger partial charge in [0, 0.05) is 31.7 Å². The van der Waals surface area contributed by atoms with E-state index in [4.69, 9.17) is 9.15 Å². The van der Waals surface area contributed by atoms with Crippen LogP contribution in [0.4, 0.5) is 5.69 Å². The zero-order valence-corrected chi connectivity index (χ0v) is 10.9. The zero-order chi connectivity index (χ0) is 13.1. The summed E-state index contributed by atoms with van der Waals surface area (Å²) in [6.07, 6.45) is 1.12. The average molecular weight is 259 g/mol. The number of para-hydroxylation sites is 1. The van der Waals surface area contributed by atoms with E-state index in [1.807, 2.05) is 24.3 Å². The number of nitrogens with one attached hydrogen (secondary N) is 1. The fourth-order valence-corrected chi connectivity index (χ4v) is 2.23. The van der Waals surface area contributed by atoms with Crippen molar-refractivity contribution in [3.05, 3.63) is 30.2 Å². The average Bonchev–Trinajstić information content (AvgIpc) is 3.08. The molecule has 1 atom stereocenters. The lowest BCUT2D eigenvalue weighted by molar-refractivity contribution is 0.187. The lowest BCUT2D eigenvalue weighted by Crippen LogP contribution is -2.14. The largest absolute Gasteiger partial charge is 0.421 e. The Morgan fingerprint density at radius 3 is 2.95 bits per heavy atom. The number of nitrogens with zero attached hydrogens (tertiary/aromatic N) is 2. The van der Waals surface area contributed by atoms with E-state index in [9.17, 15) is 0 Å². The highest BCUT2D eigenvalue weighted by Gasteiger charge is 2.16. The van der Waals surface area contributed by atoms with Crippen LogP contribution in [0.25, 0.3) is 11.5 Å². The van der Waals surface area contributed by atoms with E-state index in [1.165, 1.54) is 0 Å². The predicted octanol–water partition coefficient (Wildman–Crippen LogP) is 2.49. The normalized spacial score (nSPS) is 18.7. The molecule has 0 amide bonds. The molecule has 0 spiro atoms. The third-order valence-corrected chi connectivity index (χ3v) is 3.29. The molecule has 1 N–H and O–H groups in total. The fourth-order valence-electron chi connectivity index (χ4n) is 2.23. The van der Waals surface area contributed by atoms with Crippen LogP contribution in [0, 0.1) is 12.8 Å². The molecule has 19 heavy (non-hydrogen) atoms. The molecule has 1 unspecified atom stereocenters. The van der Waals surface area contributed by atoms with Crippen molar-refractivity contribution in [3.8, 4) is 11.5 Å². The Balaban J connectivity index is 1.77. The lowest BCUT2D eigenvalue weighted by Gasteiger charge is -2.12. The monoisotopic (exact) mass is 259 g/mol. The van der Waals surface area contributed by atoms with Gasteiger partial charge in [-0.1, -0.05) is 12.1 Å². The number of hydrogen-bond acceptors (Lipinski definition) is 5. The molecule has 0 aliphatic carbocycles. The molecule has 1 aromatic heterocycles. The van der Waals surface area contributed by atoms with E-state index < -0.39 is 0 Å². The molecule has 1 saturated heterocycles. The van der Waals surface area contributed by atoms with E-state index in [0.717, 1.165) is 37.4 Å². The molecule has 2 heterocycles. The zero-order valence-electron chi connectivity index (χ0n) is 10.9. The first-order valence-electron chi connectivity index (χ1n) is 6.54. The number of aromatic nitrogens is 2. The molecule has 100 valence electrons. The molecule has 0 saturated carbocycles. The number of aryl methyl sites for hydroxylation is 1. The maximum atomic E-state index is 5.50. The highest BCUT2D eigenvalue weighted by molar-refractivity contribution is 5.72. The summed E-state index contributed by atoms with van der Waals surface area (Å²) in [5, 5.41) is 11.4. The first-order valence-corrected chi connectivity index (χ1v) is 6.54. The van der Waals surface area contributed by atoms with E-state index in [2.05, 4.69) is 15.5 Å². The van der Waals surface area contributed by atoms with Crippen LogP contribution in [0.3, 0.4) is 0 Å². The molecule has 1 aliphatic rings. The van der Waals surface area contributed by atoms with Crippen LogP contribution in [0.5, 0.6) is 0 Å². The van der Waals surface area contributed by atoms with E-state index in [-0.39, 0.29) is 0 Å². The van der Waals surface area contributed by atoms with E-state index >= 15 is 0 Å². The van der Waals surface area contributed by atoms with Gasteiger partial charge in [-0.05, 0) is 18.6 Å². The van der Waals surface area contributed by atoms with Gasteiger partial charge in [-0.25, -0.2) is 0 Å². The Morgan fingerprint density at radius 2 is 2.21 bits per heavy atom. The number of hydrogen-bond donors (Lipinski definition) is 1. The summed E-state index contributed by atoms with van der Waals surface area (Å²) in [4.78, 5) is 0. The van der Waals surface area contributed by atoms with Gasteiger partial charge in [-0.15, -0.1) is 10.2 Å². The Bertz CT molecular complexity index is 547. The summed E-state index contributed by atoms with van der Waals surface area (Å²) >= 11 is 0. The van der Waals surface area contributed by atoms with Gasteiger partial charge in [-0.3, -0.25) is 0 Å². The van der Waals surface area contributed by atoms with Gasteiger partial charge in [-0.2, -0.15) is 0 Å². The molecule has 0 radical (unpaired) electrons. The van der Waals surface area contributed by atoms with Gasteiger partial charge in [0.15, 0.2) is 0 Å². The third-order valence-electron chi connectivity index (χ3n) is 3.29. The molecule has 1 aromatic carbocycles. The second-order valence-electron chi connectivity index (χ2n) is 4.78. The Kier molecular flexibility index (Phi) is 3.46. The van der Waals surface area contributed by atoms with Crippen molar-refractivity contribution in [1.82, 2.24) is 10.2 Å². The van der Waals surface area contributed by atoms with Crippen LogP contribution in [0.1, 0.15) is 12.3 Å². The van der Waals surface area contributed by atoms with Crippen molar-refractivity contribution in [2.75, 3.05) is 25.1 Å². The van der Waals surface area contributed by atoms with Gasteiger partial charge in [0.2, 0.25) is 11.8 Å². The van der Waals surface area contributed by atoms with Crippen molar-refractivity contribution in [3.63, 3.8) is 0 Å². The first-order chi connectivity index (χ1) is 9.33. The van der Waals surface area contributed by atoms with E-state index in [1.54, 1.807) is 6.92 Å². The van der Waals surface area contributed by atoms with Crippen molar-refractivity contribution in [2.45, 2.75) is 13.3 Å². The van der Waals surface area contributed by atoms with Crippen LogP contribution < -0.4 is 5.32 Å². The van der Waals surface area contributed by atoms with Crippen molar-refractivity contribution in [2.24, 2.45) is 5.92 Å². The summed E-state index contributed by atoms with van der Waals surface area (Å²) in [5.74, 6) is 1.72. The molecule has 3 rings (SSSR count). The van der Waals surface area contributed by atoms with Crippen LogP contribution in [-0.2, 0) is 4.74 Å². The number of anilines is 1. The second-order valence-corrected chi connectivity index (χ2v) is 4.78. The Hall–Kier alpha value is -1.88. The van der Waals surface area contributed by atoms with Crippen LogP contribution in [0.15, 0.2) is 28.7 Å².